The van der Waals surface area contributed by atoms with E-state index >= 15 is 0 Å². The molecule has 56 valence electrons. The summed E-state index contributed by atoms with van der Waals surface area (Å²) in [6.07, 6.45) is 9.76. The van der Waals surface area contributed by atoms with Crippen molar-refractivity contribution in [1.82, 2.24) is 0 Å². The van der Waals surface area contributed by atoms with Crippen LogP contribution >= 0.6 is 15.9 Å². The number of rotatable bonds is 1. The quantitative estimate of drug-likeness (QED) is 0.571. The Kier molecular flexibility index (Phi) is 2.35. The van der Waals surface area contributed by atoms with Crippen LogP contribution in [0.25, 0.3) is 0 Å². The molecule has 1 heteroatoms. The van der Waals surface area contributed by atoms with Gasteiger partial charge in [-0.25, -0.2) is 0 Å². The van der Waals surface area contributed by atoms with Crippen molar-refractivity contribution in [3.8, 4) is 0 Å². The maximum absolute atomic E-state index is 3.72. The van der Waals surface area contributed by atoms with Crippen LogP contribution in [0.3, 0.4) is 0 Å². The first-order valence-corrected chi connectivity index (χ1v) is 4.48. The van der Waals surface area contributed by atoms with E-state index in [0.717, 1.165) is 6.42 Å². The molecule has 1 aliphatic carbocycles. The first-order chi connectivity index (χ1) is 4.65. The van der Waals surface area contributed by atoms with E-state index in [1.807, 2.05) is 0 Å². The van der Waals surface area contributed by atoms with E-state index < -0.39 is 0 Å². The molecule has 0 saturated heterocycles. The summed E-state index contributed by atoms with van der Waals surface area (Å²) in [6, 6.07) is 0. The van der Waals surface area contributed by atoms with Gasteiger partial charge in [0.2, 0.25) is 0 Å². The monoisotopic (exact) mass is 200 g/mol. The molecule has 0 saturated carbocycles. The number of alkyl halides is 1. The lowest BCUT2D eigenvalue weighted by Gasteiger charge is -2.28. The first-order valence-electron chi connectivity index (χ1n) is 3.68. The maximum Gasteiger partial charge on any atom is 0.0497 e. The highest BCUT2D eigenvalue weighted by molar-refractivity contribution is 9.10. The Morgan fingerprint density at radius 1 is 1.40 bits per heavy atom. The van der Waals surface area contributed by atoms with Crippen molar-refractivity contribution < 1.29 is 0 Å². The molecule has 0 spiro atoms. The zero-order valence-electron chi connectivity index (χ0n) is 6.47. The van der Waals surface area contributed by atoms with Crippen LogP contribution in [-0.2, 0) is 0 Å². The molecule has 0 aromatic carbocycles. The molecule has 1 atom stereocenters. The van der Waals surface area contributed by atoms with Crippen LogP contribution in [0.1, 0.15) is 20.3 Å². The van der Waals surface area contributed by atoms with E-state index in [0.29, 0.717) is 5.92 Å². The summed E-state index contributed by atoms with van der Waals surface area (Å²) in [7, 11) is 0. The highest BCUT2D eigenvalue weighted by Crippen LogP contribution is 2.34. The van der Waals surface area contributed by atoms with Crippen molar-refractivity contribution in [3.63, 3.8) is 0 Å². The van der Waals surface area contributed by atoms with E-state index in [9.17, 15) is 0 Å². The molecule has 1 aliphatic rings. The lowest BCUT2D eigenvalue weighted by atomic mass is 9.89. The van der Waals surface area contributed by atoms with E-state index in [4.69, 9.17) is 0 Å². The van der Waals surface area contributed by atoms with Gasteiger partial charge in [-0.2, -0.15) is 0 Å². The van der Waals surface area contributed by atoms with Gasteiger partial charge in [-0.15, -0.1) is 0 Å². The fourth-order valence-electron chi connectivity index (χ4n) is 1.04. The average molecular weight is 201 g/mol. The molecule has 0 bridgehead atoms. The summed E-state index contributed by atoms with van der Waals surface area (Å²) in [5, 5.41) is 0. The Bertz CT molecular complexity index is 168. The van der Waals surface area contributed by atoms with Crippen LogP contribution in [0.5, 0.6) is 0 Å². The van der Waals surface area contributed by atoms with Gasteiger partial charge in [0.1, 0.15) is 0 Å². The second-order valence-corrected chi connectivity index (χ2v) is 4.55. The van der Waals surface area contributed by atoms with Crippen LogP contribution in [0.2, 0.25) is 0 Å². The Labute approximate surface area is 71.1 Å². The molecule has 10 heavy (non-hydrogen) atoms. The lowest BCUT2D eigenvalue weighted by Crippen LogP contribution is -2.25. The SMILES string of the molecule is CC(C)C1(Br)C=CC=CC1. The summed E-state index contributed by atoms with van der Waals surface area (Å²) >= 11 is 3.72. The van der Waals surface area contributed by atoms with Gasteiger partial charge < -0.3 is 0 Å². The minimum Gasteiger partial charge on any atom is -0.0828 e. The molecule has 0 aromatic heterocycles. The van der Waals surface area contributed by atoms with Gasteiger partial charge in [0.15, 0.2) is 0 Å². The topological polar surface area (TPSA) is 0 Å². The average Bonchev–Trinajstić information content (AvgIpc) is 1.89. The molecule has 0 N–H and O–H groups in total. The zero-order valence-corrected chi connectivity index (χ0v) is 8.06. The van der Waals surface area contributed by atoms with Gasteiger partial charge in [0.25, 0.3) is 0 Å². The Balaban J connectivity index is 2.70. The fourth-order valence-corrected chi connectivity index (χ4v) is 1.38. The molecular weight excluding hydrogens is 188 g/mol. The van der Waals surface area contributed by atoms with Crippen LogP contribution in [0, 0.1) is 5.92 Å². The number of hydrogen-bond acceptors (Lipinski definition) is 0. The van der Waals surface area contributed by atoms with Gasteiger partial charge in [-0.05, 0) is 12.3 Å². The summed E-state index contributed by atoms with van der Waals surface area (Å²) in [6.45, 7) is 4.47. The Morgan fingerprint density at radius 2 is 2.10 bits per heavy atom. The summed E-state index contributed by atoms with van der Waals surface area (Å²) < 4.78 is 0.224. The molecular formula is C9H13Br. The smallest absolute Gasteiger partial charge is 0.0497 e. The number of allylic oxidation sites excluding steroid dienone is 4. The highest BCUT2D eigenvalue weighted by Gasteiger charge is 2.26. The van der Waals surface area contributed by atoms with Crippen LogP contribution < -0.4 is 0 Å². The molecule has 0 radical (unpaired) electrons. The minimum absolute atomic E-state index is 0.224. The first kappa shape index (κ1) is 8.06. The van der Waals surface area contributed by atoms with E-state index in [-0.39, 0.29) is 4.32 Å². The second-order valence-electron chi connectivity index (χ2n) is 3.07. The van der Waals surface area contributed by atoms with E-state index in [1.165, 1.54) is 0 Å². The third-order valence-electron chi connectivity index (χ3n) is 2.01. The fraction of sp³-hybridized carbons (Fsp3) is 0.556. The molecule has 0 aromatic rings. The third kappa shape index (κ3) is 1.51. The predicted octanol–water partition coefficient (Wildman–Crippen LogP) is 3.29. The van der Waals surface area contributed by atoms with Gasteiger partial charge in [0, 0.05) is 4.32 Å². The summed E-state index contributed by atoms with van der Waals surface area (Å²) in [4.78, 5) is 0. The lowest BCUT2D eigenvalue weighted by molar-refractivity contribution is 0.523. The Morgan fingerprint density at radius 3 is 2.40 bits per heavy atom. The molecule has 0 amide bonds. The van der Waals surface area contributed by atoms with Crippen LogP contribution in [0.15, 0.2) is 24.3 Å². The molecule has 1 rings (SSSR count). The molecule has 0 fully saturated rings. The number of halogens is 1. The van der Waals surface area contributed by atoms with Crippen LogP contribution in [0.4, 0.5) is 0 Å². The second kappa shape index (κ2) is 2.91. The van der Waals surface area contributed by atoms with Gasteiger partial charge in [0.05, 0.1) is 0 Å². The van der Waals surface area contributed by atoms with Crippen molar-refractivity contribution in [2.75, 3.05) is 0 Å². The third-order valence-corrected chi connectivity index (χ3v) is 3.51. The Hall–Kier alpha value is -0.0400. The largest absolute Gasteiger partial charge is 0.0828 e. The molecule has 0 aliphatic heterocycles. The van der Waals surface area contributed by atoms with Gasteiger partial charge in [-0.3, -0.25) is 0 Å². The van der Waals surface area contributed by atoms with Crippen molar-refractivity contribution >= 4 is 15.9 Å². The van der Waals surface area contributed by atoms with Crippen molar-refractivity contribution in [3.05, 3.63) is 24.3 Å². The van der Waals surface area contributed by atoms with Crippen molar-refractivity contribution in [1.29, 1.82) is 0 Å². The predicted molar refractivity (Wildman–Crippen MR) is 49.4 cm³/mol. The van der Waals surface area contributed by atoms with Crippen molar-refractivity contribution in [2.24, 2.45) is 5.92 Å². The van der Waals surface area contributed by atoms with Crippen LogP contribution in [-0.4, -0.2) is 4.32 Å². The zero-order chi connectivity index (χ0) is 7.61. The highest BCUT2D eigenvalue weighted by atomic mass is 79.9. The minimum atomic E-state index is 0.224. The van der Waals surface area contributed by atoms with E-state index in [2.05, 4.69) is 54.1 Å². The summed E-state index contributed by atoms with van der Waals surface area (Å²) in [5.74, 6) is 0.661. The normalized spacial score (nSPS) is 31.6. The number of hydrogen-bond donors (Lipinski definition) is 0. The van der Waals surface area contributed by atoms with Crippen molar-refractivity contribution in [2.45, 2.75) is 24.6 Å². The summed E-state index contributed by atoms with van der Waals surface area (Å²) in [5.41, 5.74) is 0. The molecule has 0 nitrogen and oxygen atoms in total. The standard InChI is InChI=1S/C9H13Br/c1-8(2)9(10)6-4-3-5-7-9/h3-6,8H,7H2,1-2H3. The van der Waals surface area contributed by atoms with E-state index in [1.54, 1.807) is 0 Å². The molecule has 1 unspecified atom stereocenters. The van der Waals surface area contributed by atoms with Gasteiger partial charge >= 0.3 is 0 Å². The maximum atomic E-state index is 3.72. The van der Waals surface area contributed by atoms with Gasteiger partial charge in [-0.1, -0.05) is 54.1 Å². The molecule has 0 heterocycles.